The number of fused-ring (bicyclic) bond motifs is 1. The number of nitrogens with one attached hydrogen (secondary N) is 1. The number of aryl methyl sites for hydroxylation is 1. The fourth-order valence-electron chi connectivity index (χ4n) is 2.97. The summed E-state index contributed by atoms with van der Waals surface area (Å²) in [7, 11) is 0. The molecule has 26 heavy (non-hydrogen) atoms. The van der Waals surface area contributed by atoms with Crippen molar-refractivity contribution in [2.45, 2.75) is 32.2 Å². The lowest BCUT2D eigenvalue weighted by atomic mass is 10.1. The first-order valence-electron chi connectivity index (χ1n) is 8.63. The van der Waals surface area contributed by atoms with E-state index in [2.05, 4.69) is 10.3 Å². The number of hydrogen-bond donors (Lipinski definition) is 2. The molecule has 0 aliphatic carbocycles. The third kappa shape index (κ3) is 3.74. The topological polar surface area (TPSA) is 83.7 Å². The Hall–Kier alpha value is -3.15. The summed E-state index contributed by atoms with van der Waals surface area (Å²) in [5, 5.41) is 12.2. The van der Waals surface area contributed by atoms with Gasteiger partial charge in [-0.1, -0.05) is 49.7 Å². The van der Waals surface area contributed by atoms with Gasteiger partial charge < -0.3 is 10.4 Å². The molecule has 0 aliphatic rings. The van der Waals surface area contributed by atoms with Crippen LogP contribution in [0.5, 0.6) is 0 Å². The van der Waals surface area contributed by atoms with Crippen molar-refractivity contribution < 1.29 is 14.7 Å². The summed E-state index contributed by atoms with van der Waals surface area (Å²) in [6.45, 7) is 2.02. The van der Waals surface area contributed by atoms with Crippen LogP contribution in [0.1, 0.15) is 35.1 Å². The zero-order valence-corrected chi connectivity index (χ0v) is 14.6. The Kier molecular flexibility index (Phi) is 5.31. The predicted molar refractivity (Wildman–Crippen MR) is 98.2 cm³/mol. The number of carbonyl (C=O) groups is 2. The van der Waals surface area contributed by atoms with Crippen LogP contribution in [-0.2, 0) is 17.6 Å². The van der Waals surface area contributed by atoms with E-state index in [1.807, 2.05) is 55.5 Å². The summed E-state index contributed by atoms with van der Waals surface area (Å²) in [6.07, 6.45) is 3.49. The van der Waals surface area contributed by atoms with Crippen LogP contribution in [-0.4, -0.2) is 32.4 Å². The van der Waals surface area contributed by atoms with Crippen molar-refractivity contribution in [3.8, 4) is 0 Å². The highest BCUT2D eigenvalue weighted by Gasteiger charge is 2.25. The molecule has 1 atom stereocenters. The standard InChI is InChI=1S/C20H21N3O3/c1-2-8-15-18(23-12-7-6-11-17(23)21-15)19(24)22-16(20(25)26)13-14-9-4-3-5-10-14/h3-7,9-12,16H,2,8,13H2,1H3,(H,22,24)(H,25,26). The van der Waals surface area contributed by atoms with Crippen molar-refractivity contribution in [2.75, 3.05) is 0 Å². The van der Waals surface area contributed by atoms with Gasteiger partial charge in [0.2, 0.25) is 0 Å². The highest BCUT2D eigenvalue weighted by Crippen LogP contribution is 2.15. The fraction of sp³-hybridized carbons (Fsp3) is 0.250. The summed E-state index contributed by atoms with van der Waals surface area (Å²) >= 11 is 0. The van der Waals surface area contributed by atoms with Gasteiger partial charge in [-0.15, -0.1) is 0 Å². The van der Waals surface area contributed by atoms with Crippen LogP contribution in [0.25, 0.3) is 5.65 Å². The smallest absolute Gasteiger partial charge is 0.326 e. The van der Waals surface area contributed by atoms with E-state index in [-0.39, 0.29) is 6.42 Å². The maximum atomic E-state index is 12.9. The number of amides is 1. The van der Waals surface area contributed by atoms with Crippen LogP contribution in [0.4, 0.5) is 0 Å². The predicted octanol–water partition coefficient (Wildman–Crippen LogP) is 2.71. The first-order chi connectivity index (χ1) is 12.6. The maximum absolute atomic E-state index is 12.9. The van der Waals surface area contributed by atoms with E-state index in [1.54, 1.807) is 10.6 Å². The number of benzene rings is 1. The molecule has 0 bridgehead atoms. The molecule has 0 saturated heterocycles. The van der Waals surface area contributed by atoms with Gasteiger partial charge in [-0.05, 0) is 24.1 Å². The molecule has 0 radical (unpaired) electrons. The Morgan fingerprint density at radius 2 is 1.88 bits per heavy atom. The molecule has 1 aromatic carbocycles. The molecule has 0 aliphatic heterocycles. The average molecular weight is 351 g/mol. The molecule has 1 unspecified atom stereocenters. The first-order valence-corrected chi connectivity index (χ1v) is 8.63. The molecule has 6 nitrogen and oxygen atoms in total. The van der Waals surface area contributed by atoms with Crippen molar-refractivity contribution in [3.63, 3.8) is 0 Å². The molecule has 3 aromatic rings. The monoisotopic (exact) mass is 351 g/mol. The molecule has 6 heteroatoms. The molecule has 2 aromatic heterocycles. The highest BCUT2D eigenvalue weighted by atomic mass is 16.4. The van der Waals surface area contributed by atoms with Crippen LogP contribution in [0.3, 0.4) is 0 Å². The van der Waals surface area contributed by atoms with Crippen LogP contribution in [0.15, 0.2) is 54.7 Å². The normalized spacial score (nSPS) is 12.0. The Balaban J connectivity index is 1.89. The quantitative estimate of drug-likeness (QED) is 0.685. The molecule has 0 spiro atoms. The van der Waals surface area contributed by atoms with Gasteiger partial charge in [-0.3, -0.25) is 9.20 Å². The lowest BCUT2D eigenvalue weighted by Crippen LogP contribution is -2.43. The van der Waals surface area contributed by atoms with Crippen LogP contribution >= 0.6 is 0 Å². The van der Waals surface area contributed by atoms with Crippen molar-refractivity contribution in [3.05, 3.63) is 71.7 Å². The molecule has 0 saturated carbocycles. The zero-order valence-electron chi connectivity index (χ0n) is 14.6. The average Bonchev–Trinajstić information content (AvgIpc) is 3.00. The third-order valence-electron chi connectivity index (χ3n) is 4.19. The van der Waals surface area contributed by atoms with Crippen LogP contribution in [0.2, 0.25) is 0 Å². The van der Waals surface area contributed by atoms with Gasteiger partial charge in [0.05, 0.1) is 5.69 Å². The number of aliphatic carboxylic acids is 1. The number of carboxylic acid groups (broad SMARTS) is 1. The van der Waals surface area contributed by atoms with E-state index in [0.717, 1.165) is 12.0 Å². The molecular formula is C20H21N3O3. The fourth-order valence-corrected chi connectivity index (χ4v) is 2.97. The van der Waals surface area contributed by atoms with Gasteiger partial charge >= 0.3 is 5.97 Å². The van der Waals surface area contributed by atoms with Gasteiger partial charge in [-0.25, -0.2) is 9.78 Å². The van der Waals surface area contributed by atoms with E-state index in [1.165, 1.54) is 0 Å². The minimum absolute atomic E-state index is 0.224. The highest BCUT2D eigenvalue weighted by molar-refractivity contribution is 5.97. The number of carbonyl (C=O) groups excluding carboxylic acids is 1. The Morgan fingerprint density at radius 1 is 1.15 bits per heavy atom. The van der Waals surface area contributed by atoms with E-state index in [9.17, 15) is 14.7 Å². The number of rotatable bonds is 7. The second-order valence-corrected chi connectivity index (χ2v) is 6.14. The molecular weight excluding hydrogens is 330 g/mol. The van der Waals surface area contributed by atoms with E-state index >= 15 is 0 Å². The first kappa shape index (κ1) is 17.7. The van der Waals surface area contributed by atoms with Crippen molar-refractivity contribution in [1.29, 1.82) is 0 Å². The largest absolute Gasteiger partial charge is 0.480 e. The number of hydrogen-bond acceptors (Lipinski definition) is 3. The summed E-state index contributed by atoms with van der Waals surface area (Å²) in [6, 6.07) is 13.8. The number of carboxylic acids is 1. The molecule has 1 amide bonds. The zero-order chi connectivity index (χ0) is 18.5. The third-order valence-corrected chi connectivity index (χ3v) is 4.19. The van der Waals surface area contributed by atoms with Crippen molar-refractivity contribution in [2.24, 2.45) is 0 Å². The van der Waals surface area contributed by atoms with Gasteiger partial charge in [0, 0.05) is 12.6 Å². The van der Waals surface area contributed by atoms with Crippen molar-refractivity contribution >= 4 is 17.5 Å². The van der Waals surface area contributed by atoms with Gasteiger partial charge in [0.25, 0.3) is 5.91 Å². The van der Waals surface area contributed by atoms with Crippen LogP contribution < -0.4 is 5.32 Å². The Morgan fingerprint density at radius 3 is 2.58 bits per heavy atom. The molecule has 2 heterocycles. The number of imidazole rings is 1. The van der Waals surface area contributed by atoms with Gasteiger partial charge in [0.15, 0.2) is 0 Å². The summed E-state index contributed by atoms with van der Waals surface area (Å²) in [4.78, 5) is 29.0. The van der Waals surface area contributed by atoms with Gasteiger partial charge in [0.1, 0.15) is 17.4 Å². The Bertz CT molecular complexity index is 918. The minimum atomic E-state index is -1.06. The van der Waals surface area contributed by atoms with Gasteiger partial charge in [-0.2, -0.15) is 0 Å². The lowest BCUT2D eigenvalue weighted by molar-refractivity contribution is -0.139. The Labute approximate surface area is 151 Å². The van der Waals surface area contributed by atoms with E-state index in [0.29, 0.717) is 23.5 Å². The minimum Gasteiger partial charge on any atom is -0.480 e. The van der Waals surface area contributed by atoms with Crippen molar-refractivity contribution in [1.82, 2.24) is 14.7 Å². The number of pyridine rings is 1. The molecule has 0 fully saturated rings. The maximum Gasteiger partial charge on any atom is 0.326 e. The second kappa shape index (κ2) is 7.82. The summed E-state index contributed by atoms with van der Waals surface area (Å²) in [5.74, 6) is -1.48. The van der Waals surface area contributed by atoms with E-state index < -0.39 is 17.9 Å². The second-order valence-electron chi connectivity index (χ2n) is 6.14. The molecule has 3 rings (SSSR count). The summed E-state index contributed by atoms with van der Waals surface area (Å²) in [5.41, 5.74) is 2.62. The molecule has 134 valence electrons. The number of aromatic nitrogens is 2. The molecule has 2 N–H and O–H groups in total. The summed E-state index contributed by atoms with van der Waals surface area (Å²) < 4.78 is 1.71. The van der Waals surface area contributed by atoms with E-state index in [4.69, 9.17) is 0 Å². The number of nitrogens with zero attached hydrogens (tertiary/aromatic N) is 2. The van der Waals surface area contributed by atoms with Crippen LogP contribution in [0, 0.1) is 0 Å². The lowest BCUT2D eigenvalue weighted by Gasteiger charge is -2.15. The SMILES string of the molecule is CCCc1nc2ccccn2c1C(=O)NC(Cc1ccccc1)C(=O)O.